The van der Waals surface area contributed by atoms with Gasteiger partial charge in [0, 0.05) is 19.2 Å². The highest BCUT2D eigenvalue weighted by molar-refractivity contribution is 5.96. The minimum absolute atomic E-state index is 0.210. The molecule has 1 aliphatic heterocycles. The smallest absolute Gasteiger partial charge is 0.332 e. The number of fused-ring (bicyclic) bond motifs is 1. The Kier molecular flexibility index (Phi) is 4.62. The second-order valence-corrected chi connectivity index (χ2v) is 7.33. The Hall–Kier alpha value is -2.25. The minimum Gasteiger partial charge on any atom is -0.478 e. The summed E-state index contributed by atoms with van der Waals surface area (Å²) in [5.74, 6) is -3.38. The van der Waals surface area contributed by atoms with Gasteiger partial charge >= 0.3 is 11.9 Å². The summed E-state index contributed by atoms with van der Waals surface area (Å²) in [6.07, 6.45) is 2.35. The largest absolute Gasteiger partial charge is 0.478 e. The van der Waals surface area contributed by atoms with E-state index in [0.29, 0.717) is 31.0 Å². The molecule has 3 atom stereocenters. The average molecular weight is 363 g/mol. The molecule has 6 nitrogen and oxygen atoms in total. The molecule has 1 heterocycles. The molecule has 7 heteroatoms. The molecule has 0 aromatic heterocycles. The first-order chi connectivity index (χ1) is 12.2. The Morgan fingerprint density at radius 3 is 2.50 bits per heavy atom. The fourth-order valence-electron chi connectivity index (χ4n) is 4.95. The lowest BCUT2D eigenvalue weighted by molar-refractivity contribution is -0.147. The van der Waals surface area contributed by atoms with Gasteiger partial charge in [0.15, 0.2) is 0 Å². The van der Waals surface area contributed by atoms with Crippen molar-refractivity contribution in [3.8, 4) is 0 Å². The van der Waals surface area contributed by atoms with E-state index in [1.165, 1.54) is 24.3 Å². The molecule has 2 fully saturated rings. The maximum Gasteiger partial charge on any atom is 0.332 e. The van der Waals surface area contributed by atoms with Crippen LogP contribution < -0.4 is 0 Å². The van der Waals surface area contributed by atoms with Crippen LogP contribution in [0.15, 0.2) is 35.9 Å². The molecular weight excluding hydrogens is 341 g/mol. The molecule has 0 spiro atoms. The lowest BCUT2D eigenvalue weighted by Gasteiger charge is -2.52. The molecule has 140 valence electrons. The Morgan fingerprint density at radius 1 is 1.27 bits per heavy atom. The van der Waals surface area contributed by atoms with E-state index >= 15 is 0 Å². The zero-order chi connectivity index (χ0) is 19.1. The van der Waals surface area contributed by atoms with Crippen molar-refractivity contribution in [3.05, 3.63) is 47.3 Å². The van der Waals surface area contributed by atoms with E-state index in [9.17, 15) is 29.3 Å². The average Bonchev–Trinajstić information content (AvgIpc) is 2.91. The summed E-state index contributed by atoms with van der Waals surface area (Å²) in [7, 11) is 1.82. The minimum atomic E-state index is -1.59. The quantitative estimate of drug-likeness (QED) is 0.706. The van der Waals surface area contributed by atoms with Gasteiger partial charge in [0.25, 0.3) is 0 Å². The zero-order valence-electron chi connectivity index (χ0n) is 14.5. The Balaban J connectivity index is 2.26. The van der Waals surface area contributed by atoms with Crippen molar-refractivity contribution >= 4 is 11.9 Å². The number of likely N-dealkylation sites (tertiary alicyclic amines) is 1. The molecule has 3 N–H and O–H groups in total. The van der Waals surface area contributed by atoms with Crippen LogP contribution in [0.4, 0.5) is 4.39 Å². The highest BCUT2D eigenvalue weighted by atomic mass is 19.1. The molecule has 1 saturated heterocycles. The molecule has 0 unspecified atom stereocenters. The van der Waals surface area contributed by atoms with Gasteiger partial charge < -0.3 is 20.2 Å². The van der Waals surface area contributed by atoms with Crippen LogP contribution in [0.25, 0.3) is 0 Å². The van der Waals surface area contributed by atoms with Crippen LogP contribution in [0.2, 0.25) is 0 Å². The van der Waals surface area contributed by atoms with E-state index in [2.05, 4.69) is 0 Å². The maximum atomic E-state index is 13.4. The number of rotatable bonds is 4. The number of carboxylic acid groups (broad SMARTS) is 2. The molecule has 26 heavy (non-hydrogen) atoms. The van der Waals surface area contributed by atoms with Gasteiger partial charge in [-0.05, 0) is 49.9 Å². The number of benzene rings is 1. The van der Waals surface area contributed by atoms with E-state index in [1.54, 1.807) is 0 Å². The van der Waals surface area contributed by atoms with Gasteiger partial charge in [-0.1, -0.05) is 12.1 Å². The van der Waals surface area contributed by atoms with Gasteiger partial charge in [0.1, 0.15) is 11.4 Å². The first-order valence-corrected chi connectivity index (χ1v) is 8.56. The Morgan fingerprint density at radius 2 is 1.92 bits per heavy atom. The van der Waals surface area contributed by atoms with Crippen molar-refractivity contribution in [1.82, 2.24) is 4.90 Å². The second-order valence-electron chi connectivity index (χ2n) is 7.33. The first kappa shape index (κ1) is 18.5. The number of halogens is 1. The summed E-state index contributed by atoms with van der Waals surface area (Å²) in [5.41, 5.74) is -2.75. The summed E-state index contributed by atoms with van der Waals surface area (Å²) in [5, 5.41) is 30.8. The molecule has 0 bridgehead atoms. The summed E-state index contributed by atoms with van der Waals surface area (Å²) in [6.45, 7) is 0.782. The number of aliphatic hydroxyl groups is 1. The summed E-state index contributed by atoms with van der Waals surface area (Å²) < 4.78 is 13.4. The molecule has 3 rings (SSSR count). The molecule has 1 aromatic carbocycles. The molecule has 1 aliphatic carbocycles. The van der Waals surface area contributed by atoms with E-state index in [4.69, 9.17) is 0 Å². The Bertz CT molecular complexity index is 762. The predicted octanol–water partition coefficient (Wildman–Crippen LogP) is 1.84. The molecule has 0 amide bonds. The van der Waals surface area contributed by atoms with Gasteiger partial charge in [-0.15, -0.1) is 0 Å². The van der Waals surface area contributed by atoms with E-state index in [0.717, 1.165) is 0 Å². The monoisotopic (exact) mass is 363 g/mol. The van der Waals surface area contributed by atoms with Crippen LogP contribution in [-0.4, -0.2) is 52.3 Å². The SMILES string of the molecule is CN1C[C@@H]2CCC[C@@](O)(c3ccc(F)cc3)[C@]2(C(=CC(=O)O)C(=O)O)C1. The van der Waals surface area contributed by atoms with E-state index in [1.807, 2.05) is 11.9 Å². The van der Waals surface area contributed by atoms with Crippen molar-refractivity contribution in [3.63, 3.8) is 0 Å². The highest BCUT2D eigenvalue weighted by Gasteiger charge is 2.64. The standard InChI is InChI=1S/C19H22FNO5/c1-21-10-13-3-2-8-19(26,12-4-6-14(20)7-5-12)18(13,11-21)15(17(24)25)9-16(22)23/h4-7,9,13,26H,2-3,8,10-11H2,1H3,(H,22,23)(H,24,25)/t13-,18+,19+/m0/s1. The normalized spacial score (nSPS) is 32.3. The van der Waals surface area contributed by atoms with Gasteiger partial charge in [-0.2, -0.15) is 0 Å². The van der Waals surface area contributed by atoms with Crippen molar-refractivity contribution in [1.29, 1.82) is 0 Å². The third-order valence-electron chi connectivity index (χ3n) is 5.88. The fourth-order valence-corrected chi connectivity index (χ4v) is 4.95. The highest BCUT2D eigenvalue weighted by Crippen LogP contribution is 2.60. The molecular formula is C19H22FNO5. The topological polar surface area (TPSA) is 98.1 Å². The maximum absolute atomic E-state index is 13.4. The van der Waals surface area contributed by atoms with E-state index < -0.39 is 28.8 Å². The second kappa shape index (κ2) is 6.48. The van der Waals surface area contributed by atoms with Gasteiger partial charge in [-0.3, -0.25) is 0 Å². The van der Waals surface area contributed by atoms with Crippen LogP contribution in [-0.2, 0) is 15.2 Å². The fraction of sp³-hybridized carbons (Fsp3) is 0.474. The first-order valence-electron chi connectivity index (χ1n) is 8.56. The molecule has 1 saturated carbocycles. The molecule has 1 aromatic rings. The Labute approximate surface area is 150 Å². The van der Waals surface area contributed by atoms with Gasteiger partial charge in [-0.25, -0.2) is 14.0 Å². The summed E-state index contributed by atoms with van der Waals surface area (Å²) in [6, 6.07) is 5.37. The van der Waals surface area contributed by atoms with Crippen molar-refractivity contribution in [2.24, 2.45) is 11.3 Å². The zero-order valence-corrected chi connectivity index (χ0v) is 14.5. The van der Waals surface area contributed by atoms with E-state index in [-0.39, 0.29) is 24.5 Å². The van der Waals surface area contributed by atoms with Crippen molar-refractivity contribution < 1.29 is 29.3 Å². The van der Waals surface area contributed by atoms with Crippen LogP contribution in [0.3, 0.4) is 0 Å². The van der Waals surface area contributed by atoms with Crippen LogP contribution in [0.1, 0.15) is 24.8 Å². The van der Waals surface area contributed by atoms with Crippen molar-refractivity contribution in [2.45, 2.75) is 24.9 Å². The predicted molar refractivity (Wildman–Crippen MR) is 90.9 cm³/mol. The number of carboxylic acids is 2. The van der Waals surface area contributed by atoms with Crippen molar-refractivity contribution in [2.75, 3.05) is 20.1 Å². The van der Waals surface area contributed by atoms with Crippen LogP contribution >= 0.6 is 0 Å². The lowest BCUT2D eigenvalue weighted by atomic mass is 9.53. The summed E-state index contributed by atoms with van der Waals surface area (Å²) in [4.78, 5) is 25.3. The lowest BCUT2D eigenvalue weighted by Crippen LogP contribution is -2.56. The van der Waals surface area contributed by atoms with Crippen LogP contribution in [0.5, 0.6) is 0 Å². The number of hydrogen-bond donors (Lipinski definition) is 3. The summed E-state index contributed by atoms with van der Waals surface area (Å²) >= 11 is 0. The third kappa shape index (κ3) is 2.71. The van der Waals surface area contributed by atoms with Gasteiger partial charge in [0.2, 0.25) is 0 Å². The number of hydrogen-bond acceptors (Lipinski definition) is 4. The number of carbonyl (C=O) groups is 2. The third-order valence-corrected chi connectivity index (χ3v) is 5.88. The number of aliphatic carboxylic acids is 2. The van der Waals surface area contributed by atoms with Crippen LogP contribution in [0, 0.1) is 17.2 Å². The number of nitrogens with zero attached hydrogens (tertiary/aromatic N) is 1. The molecule has 0 radical (unpaired) electrons. The van der Waals surface area contributed by atoms with Gasteiger partial charge in [0.05, 0.1) is 11.0 Å². The molecule has 2 aliphatic rings.